The van der Waals surface area contributed by atoms with Gasteiger partial charge in [-0.3, -0.25) is 9.69 Å². The van der Waals surface area contributed by atoms with Gasteiger partial charge in [-0.05, 0) is 56.2 Å². The lowest BCUT2D eigenvalue weighted by atomic mass is 9.91. The molecule has 0 saturated heterocycles. The summed E-state index contributed by atoms with van der Waals surface area (Å²) in [7, 11) is 1.56. The second kappa shape index (κ2) is 7.50. The van der Waals surface area contributed by atoms with E-state index in [9.17, 15) is 9.59 Å². The molecule has 1 heterocycles. The van der Waals surface area contributed by atoms with Gasteiger partial charge in [-0.1, -0.05) is 30.4 Å². The molecule has 1 aliphatic rings. The fourth-order valence-corrected chi connectivity index (χ4v) is 3.36. The third-order valence-corrected chi connectivity index (χ3v) is 5.10. The highest BCUT2D eigenvalue weighted by atomic mass is 16.5. The van der Waals surface area contributed by atoms with E-state index in [0.717, 1.165) is 16.7 Å². The number of methoxy groups -OCH3 is 1. The van der Waals surface area contributed by atoms with Gasteiger partial charge < -0.3 is 10.1 Å². The van der Waals surface area contributed by atoms with Crippen molar-refractivity contribution in [2.24, 2.45) is 0 Å². The molecular weight excluding hydrogens is 352 g/mol. The maximum Gasteiger partial charge on any atom is 0.322 e. The van der Waals surface area contributed by atoms with Crippen molar-refractivity contribution in [3.8, 4) is 5.75 Å². The highest BCUT2D eigenvalue weighted by Crippen LogP contribution is 2.31. The quantitative estimate of drug-likeness (QED) is 0.834. The van der Waals surface area contributed by atoms with Crippen LogP contribution in [0.5, 0.6) is 5.75 Å². The number of Topliss-reactive ketones (excluding diaryl/α,β-unsaturated/α-hetero) is 1. The van der Waals surface area contributed by atoms with Crippen LogP contribution in [-0.4, -0.2) is 25.5 Å². The summed E-state index contributed by atoms with van der Waals surface area (Å²) in [5.74, 6) is 0.623. The van der Waals surface area contributed by atoms with Gasteiger partial charge in [0.05, 0.1) is 18.3 Å². The van der Waals surface area contributed by atoms with Gasteiger partial charge >= 0.3 is 6.03 Å². The molecule has 0 unspecified atom stereocenters. The van der Waals surface area contributed by atoms with Crippen molar-refractivity contribution in [1.29, 1.82) is 0 Å². The van der Waals surface area contributed by atoms with Gasteiger partial charge in [0.15, 0.2) is 5.78 Å². The fourth-order valence-electron chi connectivity index (χ4n) is 3.36. The van der Waals surface area contributed by atoms with Crippen LogP contribution in [0, 0.1) is 0 Å². The number of hydrogen-bond acceptors (Lipinski definition) is 3. The first-order valence-electron chi connectivity index (χ1n) is 9.30. The van der Waals surface area contributed by atoms with E-state index in [2.05, 4.69) is 11.9 Å². The molecule has 1 aliphatic heterocycles. The van der Waals surface area contributed by atoms with Gasteiger partial charge in [0.25, 0.3) is 0 Å². The summed E-state index contributed by atoms with van der Waals surface area (Å²) in [4.78, 5) is 27.0. The molecule has 0 spiro atoms. The minimum Gasteiger partial charge on any atom is -0.497 e. The molecule has 0 atom stereocenters. The number of rotatable bonds is 4. The average molecular weight is 378 g/mol. The van der Waals surface area contributed by atoms with Crippen molar-refractivity contribution >= 4 is 23.1 Å². The van der Waals surface area contributed by atoms with Crippen LogP contribution in [0.3, 0.4) is 0 Å². The molecule has 5 heteroatoms. The summed E-state index contributed by atoms with van der Waals surface area (Å²) in [5.41, 5.74) is 3.55. The second-order valence-corrected chi connectivity index (χ2v) is 7.62. The zero-order valence-electron chi connectivity index (χ0n) is 16.8. The lowest BCUT2D eigenvalue weighted by Crippen LogP contribution is -2.50. The Morgan fingerprint density at radius 1 is 1.21 bits per heavy atom. The third kappa shape index (κ3) is 3.79. The number of ether oxygens (including phenoxy) is 1. The molecule has 2 aromatic rings. The van der Waals surface area contributed by atoms with Crippen molar-refractivity contribution in [3.05, 3.63) is 65.7 Å². The zero-order chi connectivity index (χ0) is 20.5. The largest absolute Gasteiger partial charge is 0.497 e. The van der Waals surface area contributed by atoms with Crippen molar-refractivity contribution < 1.29 is 14.3 Å². The molecule has 0 fully saturated rings. The van der Waals surface area contributed by atoms with Crippen LogP contribution < -0.4 is 15.0 Å². The van der Waals surface area contributed by atoms with Crippen molar-refractivity contribution in [1.82, 2.24) is 5.32 Å². The Balaban J connectivity index is 1.87. The second-order valence-electron chi connectivity index (χ2n) is 7.62. The van der Waals surface area contributed by atoms with Crippen LogP contribution in [-0.2, 0) is 5.54 Å². The van der Waals surface area contributed by atoms with Gasteiger partial charge in [-0.2, -0.15) is 0 Å². The van der Waals surface area contributed by atoms with Gasteiger partial charge in [0.1, 0.15) is 5.75 Å². The Labute approximate surface area is 166 Å². The van der Waals surface area contributed by atoms with Gasteiger partial charge in [0, 0.05) is 18.5 Å². The monoisotopic (exact) mass is 378 g/mol. The molecule has 5 nitrogen and oxygen atoms in total. The first kappa shape index (κ1) is 19.7. The summed E-state index contributed by atoms with van der Waals surface area (Å²) in [6.45, 7) is 10.2. The number of benzene rings is 2. The van der Waals surface area contributed by atoms with Crippen LogP contribution in [0.4, 0.5) is 10.5 Å². The van der Waals surface area contributed by atoms with E-state index in [1.54, 1.807) is 30.2 Å². The summed E-state index contributed by atoms with van der Waals surface area (Å²) in [6, 6.07) is 13.0. The molecule has 0 aliphatic carbocycles. The van der Waals surface area contributed by atoms with Gasteiger partial charge in [-0.25, -0.2) is 4.79 Å². The summed E-state index contributed by atoms with van der Waals surface area (Å²) >= 11 is 0. The lowest BCUT2D eigenvalue weighted by molar-refractivity contribution is 0.0980. The third-order valence-electron chi connectivity index (χ3n) is 5.10. The van der Waals surface area contributed by atoms with Gasteiger partial charge in [0.2, 0.25) is 0 Å². The fraction of sp³-hybridized carbons (Fsp3) is 0.304. The number of carbonyl (C=O) groups excluding carboxylic acids is 2. The predicted octanol–water partition coefficient (Wildman–Crippen LogP) is 4.77. The van der Waals surface area contributed by atoms with E-state index in [0.29, 0.717) is 30.0 Å². The van der Waals surface area contributed by atoms with E-state index in [-0.39, 0.29) is 11.8 Å². The van der Waals surface area contributed by atoms with Crippen LogP contribution in [0.15, 0.2) is 49.0 Å². The number of hydrogen-bond donors (Lipinski definition) is 1. The highest BCUT2D eigenvalue weighted by molar-refractivity contribution is 6.08. The topological polar surface area (TPSA) is 58.6 Å². The number of anilines is 1. The maximum absolute atomic E-state index is 13.1. The molecule has 0 radical (unpaired) electrons. The van der Waals surface area contributed by atoms with Crippen LogP contribution >= 0.6 is 0 Å². The molecule has 146 valence electrons. The van der Waals surface area contributed by atoms with E-state index in [1.807, 2.05) is 45.0 Å². The van der Waals surface area contributed by atoms with Crippen LogP contribution in [0.2, 0.25) is 0 Å². The minimum absolute atomic E-state index is 0.0198. The molecule has 3 rings (SSSR count). The number of allylic oxidation sites excluding steroid dienone is 1. The summed E-state index contributed by atoms with van der Waals surface area (Å²) in [6.07, 6.45) is 0.291. The molecule has 2 aromatic carbocycles. The lowest BCUT2D eigenvalue weighted by Gasteiger charge is -2.34. The normalized spacial score (nSPS) is 13.7. The Morgan fingerprint density at radius 3 is 2.64 bits per heavy atom. The average Bonchev–Trinajstić information content (AvgIpc) is 2.67. The highest BCUT2D eigenvalue weighted by Gasteiger charge is 2.31. The maximum atomic E-state index is 13.1. The number of ketones is 1. The number of carbonyl (C=O) groups is 2. The van der Waals surface area contributed by atoms with Crippen LogP contribution in [0.25, 0.3) is 5.57 Å². The predicted molar refractivity (Wildman–Crippen MR) is 112 cm³/mol. The Bertz CT molecular complexity index is 947. The van der Waals surface area contributed by atoms with Crippen molar-refractivity contribution in [2.75, 3.05) is 18.6 Å². The zero-order valence-corrected chi connectivity index (χ0v) is 16.8. The number of nitrogens with zero attached hydrogens (tertiary/aromatic N) is 1. The summed E-state index contributed by atoms with van der Waals surface area (Å²) in [5, 5.41) is 3.11. The Hall–Kier alpha value is -3.08. The molecule has 0 bridgehead atoms. The van der Waals surface area contributed by atoms with Crippen LogP contribution in [0.1, 0.15) is 48.7 Å². The standard InChI is InChI=1S/C23H26N2O3/c1-15(2)16-7-6-8-17(13-16)23(3,4)24-22(27)25-12-11-21(26)19-14-18(28-5)9-10-20(19)25/h6-10,13-14H,1,11-12H2,2-5H3,(H,24,27). The van der Waals surface area contributed by atoms with E-state index in [4.69, 9.17) is 4.74 Å². The molecule has 28 heavy (non-hydrogen) atoms. The number of urea groups is 1. The number of amides is 2. The van der Waals surface area contributed by atoms with Gasteiger partial charge in [-0.15, -0.1) is 0 Å². The number of fused-ring (bicyclic) bond motifs is 1. The van der Waals surface area contributed by atoms with Crippen molar-refractivity contribution in [3.63, 3.8) is 0 Å². The molecule has 0 saturated carbocycles. The Morgan fingerprint density at radius 2 is 1.96 bits per heavy atom. The SMILES string of the molecule is C=C(C)c1cccc(C(C)(C)NC(=O)N2CCC(=O)c3cc(OC)ccc32)c1. The van der Waals surface area contributed by atoms with Crippen molar-refractivity contribution in [2.45, 2.75) is 32.7 Å². The molecule has 0 aromatic heterocycles. The smallest absolute Gasteiger partial charge is 0.322 e. The Kier molecular flexibility index (Phi) is 5.27. The molecule has 2 amide bonds. The number of nitrogens with one attached hydrogen (secondary N) is 1. The first-order chi connectivity index (χ1) is 13.2. The molecule has 1 N–H and O–H groups in total. The van der Waals surface area contributed by atoms with E-state index >= 15 is 0 Å². The summed E-state index contributed by atoms with van der Waals surface area (Å²) < 4.78 is 5.21. The first-order valence-corrected chi connectivity index (χ1v) is 9.30. The minimum atomic E-state index is -0.587. The van der Waals surface area contributed by atoms with E-state index < -0.39 is 5.54 Å². The van der Waals surface area contributed by atoms with E-state index in [1.165, 1.54) is 0 Å². The molecular formula is C23H26N2O3.